The number of anilines is 1. The van der Waals surface area contributed by atoms with E-state index in [9.17, 15) is 9.59 Å². The monoisotopic (exact) mass is 399 g/mol. The lowest BCUT2D eigenvalue weighted by Gasteiger charge is -2.08. The van der Waals surface area contributed by atoms with Crippen LogP contribution in [0, 0.1) is 5.92 Å². The third kappa shape index (κ3) is 3.85. The minimum Gasteiger partial charge on any atom is -0.326 e. The van der Waals surface area contributed by atoms with Gasteiger partial charge in [0.2, 0.25) is 5.91 Å². The molecule has 2 aliphatic carbocycles. The van der Waals surface area contributed by atoms with Gasteiger partial charge in [-0.15, -0.1) is 11.8 Å². The van der Waals surface area contributed by atoms with E-state index in [4.69, 9.17) is 0 Å². The number of hydrogen-bond acceptors (Lipinski definition) is 3. The number of fused-ring (bicyclic) bond motifs is 3. The molecule has 3 nitrogen and oxygen atoms in total. The van der Waals surface area contributed by atoms with Crippen LogP contribution in [0.25, 0.3) is 11.1 Å². The summed E-state index contributed by atoms with van der Waals surface area (Å²) in [6.07, 6.45) is 2.86. The largest absolute Gasteiger partial charge is 0.326 e. The molecule has 1 saturated carbocycles. The molecule has 0 aliphatic heterocycles. The molecule has 1 fully saturated rings. The fraction of sp³-hybridized carbons (Fsp3) is 0.200. The van der Waals surface area contributed by atoms with Crippen molar-refractivity contribution in [2.45, 2.75) is 24.2 Å². The zero-order valence-corrected chi connectivity index (χ0v) is 16.8. The summed E-state index contributed by atoms with van der Waals surface area (Å²) in [7, 11) is 0. The Morgan fingerprint density at radius 2 is 1.72 bits per heavy atom. The van der Waals surface area contributed by atoms with Crippen LogP contribution in [0.1, 0.15) is 34.3 Å². The van der Waals surface area contributed by atoms with Gasteiger partial charge in [-0.3, -0.25) is 9.59 Å². The molecule has 0 unspecified atom stereocenters. The smallest absolute Gasteiger partial charge is 0.227 e. The van der Waals surface area contributed by atoms with Gasteiger partial charge in [0.25, 0.3) is 0 Å². The molecule has 0 aromatic heterocycles. The second-order valence-electron chi connectivity index (χ2n) is 7.71. The number of nitrogens with one attached hydrogen (secondary N) is 1. The maximum atomic E-state index is 12.8. The SMILES string of the molecule is O=C(CSc1cccc(NC(=O)C2CC2)c1)c1ccc2c(c1)Cc1ccccc1-2. The van der Waals surface area contributed by atoms with Crippen LogP contribution < -0.4 is 5.32 Å². The molecule has 4 heteroatoms. The molecule has 0 spiro atoms. The van der Waals surface area contributed by atoms with E-state index in [0.717, 1.165) is 35.4 Å². The minimum absolute atomic E-state index is 0.0994. The number of ketones is 1. The number of hydrogen-bond donors (Lipinski definition) is 1. The lowest BCUT2D eigenvalue weighted by Crippen LogP contribution is -2.13. The fourth-order valence-electron chi connectivity index (χ4n) is 3.80. The van der Waals surface area contributed by atoms with Crippen molar-refractivity contribution in [1.82, 2.24) is 0 Å². The first-order valence-electron chi connectivity index (χ1n) is 9.95. The minimum atomic E-state index is 0.0994. The summed E-state index contributed by atoms with van der Waals surface area (Å²) >= 11 is 1.51. The quantitative estimate of drug-likeness (QED) is 0.340. The highest BCUT2D eigenvalue weighted by Crippen LogP contribution is 2.37. The fourth-order valence-corrected chi connectivity index (χ4v) is 4.65. The lowest BCUT2D eigenvalue weighted by atomic mass is 10.0. The van der Waals surface area contributed by atoms with Crippen LogP contribution >= 0.6 is 11.8 Å². The van der Waals surface area contributed by atoms with Crippen LogP contribution in [0.2, 0.25) is 0 Å². The van der Waals surface area contributed by atoms with Gasteiger partial charge in [-0.25, -0.2) is 0 Å². The average molecular weight is 400 g/mol. The maximum absolute atomic E-state index is 12.8. The molecular formula is C25H21NO2S. The Bertz CT molecular complexity index is 1120. The summed E-state index contributed by atoms with van der Waals surface area (Å²) in [5.41, 5.74) is 6.64. The van der Waals surface area contributed by atoms with E-state index in [1.165, 1.54) is 34.0 Å². The van der Waals surface area contributed by atoms with Crippen molar-refractivity contribution in [1.29, 1.82) is 0 Å². The lowest BCUT2D eigenvalue weighted by molar-refractivity contribution is -0.117. The number of Topliss-reactive ketones (excluding diaryl/α,β-unsaturated/α-hetero) is 1. The average Bonchev–Trinajstić information content (AvgIpc) is 3.53. The first kappa shape index (κ1) is 18.2. The Labute approximate surface area is 174 Å². The summed E-state index contributed by atoms with van der Waals surface area (Å²) < 4.78 is 0. The van der Waals surface area contributed by atoms with E-state index >= 15 is 0 Å². The number of thioether (sulfide) groups is 1. The topological polar surface area (TPSA) is 46.2 Å². The zero-order valence-electron chi connectivity index (χ0n) is 16.0. The van der Waals surface area contributed by atoms with Crippen molar-refractivity contribution in [3.63, 3.8) is 0 Å². The highest BCUT2D eigenvalue weighted by Gasteiger charge is 2.29. The Balaban J connectivity index is 1.25. The van der Waals surface area contributed by atoms with E-state index in [1.807, 2.05) is 36.4 Å². The Morgan fingerprint density at radius 3 is 2.59 bits per heavy atom. The molecule has 0 bridgehead atoms. The predicted molar refractivity (Wildman–Crippen MR) is 118 cm³/mol. The van der Waals surface area contributed by atoms with Crippen molar-refractivity contribution in [2.24, 2.45) is 5.92 Å². The molecule has 0 heterocycles. The van der Waals surface area contributed by atoms with Crippen LogP contribution in [0.5, 0.6) is 0 Å². The molecular weight excluding hydrogens is 378 g/mol. The number of carbonyl (C=O) groups excluding carboxylic acids is 2. The molecule has 29 heavy (non-hydrogen) atoms. The van der Waals surface area contributed by atoms with Gasteiger partial charge in [0.05, 0.1) is 5.75 Å². The van der Waals surface area contributed by atoms with Gasteiger partial charge < -0.3 is 5.32 Å². The molecule has 0 radical (unpaired) electrons. The van der Waals surface area contributed by atoms with Crippen LogP contribution in [0.15, 0.2) is 71.6 Å². The Hall–Kier alpha value is -2.85. The highest BCUT2D eigenvalue weighted by molar-refractivity contribution is 8.00. The maximum Gasteiger partial charge on any atom is 0.227 e. The van der Waals surface area contributed by atoms with Gasteiger partial charge >= 0.3 is 0 Å². The van der Waals surface area contributed by atoms with Crippen LogP contribution in [-0.2, 0) is 11.2 Å². The molecule has 3 aromatic carbocycles. The van der Waals surface area contributed by atoms with Crippen molar-refractivity contribution in [3.05, 3.63) is 83.4 Å². The van der Waals surface area contributed by atoms with Gasteiger partial charge in [-0.05, 0) is 65.8 Å². The van der Waals surface area contributed by atoms with Crippen molar-refractivity contribution in [3.8, 4) is 11.1 Å². The van der Waals surface area contributed by atoms with Gasteiger partial charge in [-0.2, -0.15) is 0 Å². The molecule has 5 rings (SSSR count). The van der Waals surface area contributed by atoms with Crippen molar-refractivity contribution in [2.75, 3.05) is 11.1 Å². The number of carbonyl (C=O) groups is 2. The predicted octanol–water partition coefficient (Wildman–Crippen LogP) is 5.58. The molecule has 1 amide bonds. The summed E-state index contributed by atoms with van der Waals surface area (Å²) in [5, 5.41) is 2.96. The first-order chi connectivity index (χ1) is 14.2. The molecule has 0 saturated heterocycles. The van der Waals surface area contributed by atoms with Gasteiger partial charge in [0, 0.05) is 22.1 Å². The number of benzene rings is 3. The van der Waals surface area contributed by atoms with Gasteiger partial charge in [-0.1, -0.05) is 42.5 Å². The van der Waals surface area contributed by atoms with Gasteiger partial charge in [0.15, 0.2) is 5.78 Å². The van der Waals surface area contributed by atoms with Crippen molar-refractivity contribution < 1.29 is 9.59 Å². The van der Waals surface area contributed by atoms with E-state index in [-0.39, 0.29) is 17.6 Å². The first-order valence-corrected chi connectivity index (χ1v) is 10.9. The third-order valence-corrected chi connectivity index (χ3v) is 6.53. The summed E-state index contributed by atoms with van der Waals surface area (Å²) in [6.45, 7) is 0. The second-order valence-corrected chi connectivity index (χ2v) is 8.76. The van der Waals surface area contributed by atoms with E-state index in [1.54, 1.807) is 0 Å². The van der Waals surface area contributed by atoms with E-state index in [0.29, 0.717) is 5.75 Å². The summed E-state index contributed by atoms with van der Waals surface area (Å²) in [6, 6.07) is 22.2. The molecule has 144 valence electrons. The second kappa shape index (κ2) is 7.53. The molecule has 3 aromatic rings. The molecule has 2 aliphatic rings. The summed E-state index contributed by atoms with van der Waals surface area (Å²) in [5.74, 6) is 0.786. The Kier molecular flexibility index (Phi) is 4.72. The molecule has 1 N–H and O–H groups in total. The van der Waals surface area contributed by atoms with Gasteiger partial charge in [0.1, 0.15) is 0 Å². The number of rotatable bonds is 6. The number of amides is 1. The zero-order chi connectivity index (χ0) is 19.8. The van der Waals surface area contributed by atoms with Crippen LogP contribution in [-0.4, -0.2) is 17.4 Å². The molecule has 0 atom stereocenters. The highest BCUT2D eigenvalue weighted by atomic mass is 32.2. The summed E-state index contributed by atoms with van der Waals surface area (Å²) in [4.78, 5) is 25.7. The Morgan fingerprint density at radius 1 is 0.897 bits per heavy atom. The van der Waals surface area contributed by atoms with Crippen molar-refractivity contribution >= 4 is 29.1 Å². The van der Waals surface area contributed by atoms with E-state index < -0.39 is 0 Å². The standard InChI is InChI=1S/C25H21NO2S/c27-24(15-29-21-6-3-5-20(14-21)26-25(28)16-8-9-16)18-10-11-23-19(13-18)12-17-4-1-2-7-22(17)23/h1-7,10-11,13-14,16H,8-9,12,15H2,(H,26,28). The third-order valence-electron chi connectivity index (χ3n) is 5.54. The van der Waals surface area contributed by atoms with Crippen LogP contribution in [0.3, 0.4) is 0 Å². The van der Waals surface area contributed by atoms with E-state index in [2.05, 4.69) is 35.6 Å². The normalized spacial score (nSPS) is 14.2. The van der Waals surface area contributed by atoms with Crippen LogP contribution in [0.4, 0.5) is 5.69 Å².